The van der Waals surface area contributed by atoms with E-state index in [9.17, 15) is 0 Å². The molecule has 1 aliphatic heterocycles. The third kappa shape index (κ3) is 3.97. The normalized spacial score (nSPS) is 19.4. The molecule has 0 bridgehead atoms. The molecule has 1 rings (SSSR count). The summed E-state index contributed by atoms with van der Waals surface area (Å²) in [5, 5.41) is 0. The second kappa shape index (κ2) is 5.84. The Morgan fingerprint density at radius 1 is 1.00 bits per heavy atom. The van der Waals surface area contributed by atoms with Gasteiger partial charge in [-0.05, 0) is 45.3 Å². The van der Waals surface area contributed by atoms with Crippen molar-refractivity contribution in [2.24, 2.45) is 0 Å². The lowest BCUT2D eigenvalue weighted by molar-refractivity contribution is 0.330. The van der Waals surface area contributed by atoms with Gasteiger partial charge in [-0.3, -0.25) is 0 Å². The maximum atomic E-state index is 5.58. The molecule has 0 aromatic heterocycles. The Labute approximate surface area is 74.7 Å². The van der Waals surface area contributed by atoms with Crippen molar-refractivity contribution in [2.75, 3.05) is 25.5 Å². The molecule has 0 atom stereocenters. The molecular weight excluding hydrogens is 158 g/mol. The van der Waals surface area contributed by atoms with Crippen LogP contribution in [-0.4, -0.2) is 30.4 Å². The van der Waals surface area contributed by atoms with Crippen LogP contribution in [0.3, 0.4) is 0 Å². The molecule has 66 valence electrons. The number of hydrogen-bond acceptors (Lipinski definition) is 1. The number of halogens is 1. The van der Waals surface area contributed by atoms with Crippen molar-refractivity contribution >= 4 is 11.6 Å². The Balaban J connectivity index is 1.86. The highest BCUT2D eigenvalue weighted by Gasteiger charge is 2.09. The molecule has 0 radical (unpaired) electrons. The number of likely N-dealkylation sites (tertiary alicyclic amines) is 1. The van der Waals surface area contributed by atoms with E-state index in [2.05, 4.69) is 4.90 Å². The third-order valence-electron chi connectivity index (χ3n) is 2.31. The molecule has 11 heavy (non-hydrogen) atoms. The van der Waals surface area contributed by atoms with Gasteiger partial charge in [0, 0.05) is 5.88 Å². The molecule has 0 spiro atoms. The van der Waals surface area contributed by atoms with E-state index in [1.54, 1.807) is 0 Å². The van der Waals surface area contributed by atoms with Gasteiger partial charge in [0.25, 0.3) is 0 Å². The van der Waals surface area contributed by atoms with E-state index in [1.807, 2.05) is 0 Å². The van der Waals surface area contributed by atoms with E-state index in [1.165, 1.54) is 51.7 Å². The predicted octanol–water partition coefficient (Wildman–Crippen LogP) is 2.49. The SMILES string of the molecule is ClCCCCCN1CCCC1. The molecule has 0 aliphatic carbocycles. The molecule has 0 saturated carbocycles. The molecule has 1 heterocycles. The van der Waals surface area contributed by atoms with Crippen LogP contribution in [0.25, 0.3) is 0 Å². The number of unbranched alkanes of at least 4 members (excludes halogenated alkanes) is 2. The Kier molecular flexibility index (Phi) is 4.96. The van der Waals surface area contributed by atoms with Crippen LogP contribution in [0.4, 0.5) is 0 Å². The minimum Gasteiger partial charge on any atom is -0.303 e. The third-order valence-corrected chi connectivity index (χ3v) is 2.57. The van der Waals surface area contributed by atoms with Gasteiger partial charge < -0.3 is 4.90 Å². The Morgan fingerprint density at radius 2 is 1.73 bits per heavy atom. The highest BCUT2D eigenvalue weighted by Crippen LogP contribution is 2.08. The van der Waals surface area contributed by atoms with Gasteiger partial charge in [0.05, 0.1) is 0 Å². The van der Waals surface area contributed by atoms with Gasteiger partial charge in [-0.15, -0.1) is 11.6 Å². The zero-order valence-corrected chi connectivity index (χ0v) is 7.95. The lowest BCUT2D eigenvalue weighted by atomic mass is 10.2. The summed E-state index contributed by atoms with van der Waals surface area (Å²) in [6.45, 7) is 3.97. The fourth-order valence-electron chi connectivity index (χ4n) is 1.61. The van der Waals surface area contributed by atoms with Gasteiger partial charge >= 0.3 is 0 Å². The fraction of sp³-hybridized carbons (Fsp3) is 1.00. The van der Waals surface area contributed by atoms with Crippen LogP contribution >= 0.6 is 11.6 Å². The molecule has 1 fully saturated rings. The number of rotatable bonds is 5. The van der Waals surface area contributed by atoms with Gasteiger partial charge in [0.2, 0.25) is 0 Å². The maximum absolute atomic E-state index is 5.58. The Morgan fingerprint density at radius 3 is 2.36 bits per heavy atom. The summed E-state index contributed by atoms with van der Waals surface area (Å²) >= 11 is 5.58. The van der Waals surface area contributed by atoms with E-state index in [4.69, 9.17) is 11.6 Å². The maximum Gasteiger partial charge on any atom is 0.0223 e. The van der Waals surface area contributed by atoms with E-state index >= 15 is 0 Å². The lowest BCUT2D eigenvalue weighted by Crippen LogP contribution is -2.20. The van der Waals surface area contributed by atoms with E-state index < -0.39 is 0 Å². The highest BCUT2D eigenvalue weighted by atomic mass is 35.5. The fourth-order valence-corrected chi connectivity index (χ4v) is 1.80. The van der Waals surface area contributed by atoms with Crippen LogP contribution in [0.5, 0.6) is 0 Å². The molecule has 0 aromatic rings. The minimum atomic E-state index is 0.833. The molecule has 2 heteroatoms. The second-order valence-corrected chi connectivity index (χ2v) is 3.68. The highest BCUT2D eigenvalue weighted by molar-refractivity contribution is 6.17. The van der Waals surface area contributed by atoms with Crippen molar-refractivity contribution in [1.82, 2.24) is 4.90 Å². The topological polar surface area (TPSA) is 3.24 Å². The second-order valence-electron chi connectivity index (χ2n) is 3.30. The first kappa shape index (κ1) is 9.34. The molecular formula is C9H18ClN. The zero-order valence-electron chi connectivity index (χ0n) is 7.19. The van der Waals surface area contributed by atoms with E-state index in [0.717, 1.165) is 5.88 Å². The van der Waals surface area contributed by atoms with Crippen molar-refractivity contribution in [3.8, 4) is 0 Å². The summed E-state index contributed by atoms with van der Waals surface area (Å²) in [5.41, 5.74) is 0. The summed E-state index contributed by atoms with van der Waals surface area (Å²) < 4.78 is 0. The van der Waals surface area contributed by atoms with Crippen molar-refractivity contribution in [2.45, 2.75) is 32.1 Å². The predicted molar refractivity (Wildman–Crippen MR) is 50.2 cm³/mol. The number of nitrogens with zero attached hydrogens (tertiary/aromatic N) is 1. The van der Waals surface area contributed by atoms with Gasteiger partial charge in [0.1, 0.15) is 0 Å². The summed E-state index contributed by atoms with van der Waals surface area (Å²) in [4.78, 5) is 2.56. The molecule has 1 aliphatic rings. The van der Waals surface area contributed by atoms with Gasteiger partial charge in [-0.25, -0.2) is 0 Å². The first-order valence-corrected chi connectivity index (χ1v) is 5.25. The average molecular weight is 176 g/mol. The van der Waals surface area contributed by atoms with Crippen LogP contribution in [0.2, 0.25) is 0 Å². The van der Waals surface area contributed by atoms with Crippen molar-refractivity contribution in [3.05, 3.63) is 0 Å². The number of hydrogen-bond donors (Lipinski definition) is 0. The van der Waals surface area contributed by atoms with Gasteiger partial charge in [0.15, 0.2) is 0 Å². The van der Waals surface area contributed by atoms with Crippen LogP contribution in [0.15, 0.2) is 0 Å². The van der Waals surface area contributed by atoms with Crippen LogP contribution in [-0.2, 0) is 0 Å². The molecule has 0 amide bonds. The summed E-state index contributed by atoms with van der Waals surface area (Å²) in [7, 11) is 0. The Bertz CT molecular complexity index is 89.6. The van der Waals surface area contributed by atoms with Gasteiger partial charge in [-0.1, -0.05) is 6.42 Å². The first-order chi connectivity index (χ1) is 5.43. The molecule has 0 unspecified atom stereocenters. The van der Waals surface area contributed by atoms with Crippen LogP contribution in [0, 0.1) is 0 Å². The van der Waals surface area contributed by atoms with E-state index in [0.29, 0.717) is 0 Å². The smallest absolute Gasteiger partial charge is 0.0223 e. The van der Waals surface area contributed by atoms with Crippen LogP contribution in [0.1, 0.15) is 32.1 Å². The average Bonchev–Trinajstić information content (AvgIpc) is 2.50. The number of alkyl halides is 1. The summed E-state index contributed by atoms with van der Waals surface area (Å²) in [6, 6.07) is 0. The first-order valence-electron chi connectivity index (χ1n) is 4.72. The van der Waals surface area contributed by atoms with Crippen molar-refractivity contribution in [1.29, 1.82) is 0 Å². The summed E-state index contributed by atoms with van der Waals surface area (Å²) in [6.07, 6.45) is 6.66. The van der Waals surface area contributed by atoms with Crippen LogP contribution < -0.4 is 0 Å². The molecule has 0 aromatic carbocycles. The Hall–Kier alpha value is 0.250. The molecule has 1 nitrogen and oxygen atoms in total. The van der Waals surface area contributed by atoms with Crippen molar-refractivity contribution < 1.29 is 0 Å². The lowest BCUT2D eigenvalue weighted by Gasteiger charge is -2.13. The van der Waals surface area contributed by atoms with E-state index in [-0.39, 0.29) is 0 Å². The zero-order chi connectivity index (χ0) is 7.94. The summed E-state index contributed by atoms with van der Waals surface area (Å²) in [5.74, 6) is 0.833. The monoisotopic (exact) mass is 175 g/mol. The van der Waals surface area contributed by atoms with Crippen molar-refractivity contribution in [3.63, 3.8) is 0 Å². The molecule has 1 saturated heterocycles. The minimum absolute atomic E-state index is 0.833. The molecule has 0 N–H and O–H groups in total. The van der Waals surface area contributed by atoms with Gasteiger partial charge in [-0.2, -0.15) is 0 Å². The standard InChI is InChI=1S/C9H18ClN/c10-6-2-1-3-7-11-8-4-5-9-11/h1-9H2. The largest absolute Gasteiger partial charge is 0.303 e. The quantitative estimate of drug-likeness (QED) is 0.459.